The van der Waals surface area contributed by atoms with Crippen LogP contribution in [0.25, 0.3) is 10.2 Å². The summed E-state index contributed by atoms with van der Waals surface area (Å²) in [5.41, 5.74) is 0.928. The van der Waals surface area contributed by atoms with Gasteiger partial charge in [0.2, 0.25) is 5.90 Å². The minimum Gasteiger partial charge on any atom is -0.476 e. The van der Waals surface area contributed by atoms with Crippen molar-refractivity contribution >= 4 is 27.5 Å². The van der Waals surface area contributed by atoms with Gasteiger partial charge in [-0.05, 0) is 19.1 Å². The molecule has 1 aromatic carbocycles. The third-order valence-corrected chi connectivity index (χ3v) is 2.81. The zero-order chi connectivity index (χ0) is 9.97. The van der Waals surface area contributed by atoms with Crippen LogP contribution in [0.4, 0.5) is 0 Å². The Kier molecular flexibility index (Phi) is 2.45. The summed E-state index contributed by atoms with van der Waals surface area (Å²) in [4.78, 5) is 4.30. The van der Waals surface area contributed by atoms with Gasteiger partial charge in [0.1, 0.15) is 0 Å². The molecule has 0 fully saturated rings. The lowest BCUT2D eigenvalue weighted by atomic mass is 10.3. The Morgan fingerprint density at radius 3 is 3.00 bits per heavy atom. The normalized spacial score (nSPS) is 10.4. The fraction of sp³-hybridized carbons (Fsp3) is 0.200. The van der Waals surface area contributed by atoms with Crippen LogP contribution in [0.3, 0.4) is 0 Å². The lowest BCUT2D eigenvalue weighted by Crippen LogP contribution is -2.03. The summed E-state index contributed by atoms with van der Waals surface area (Å²) in [5.74, 6) is 0.161. The van der Waals surface area contributed by atoms with Crippen molar-refractivity contribution in [1.82, 2.24) is 4.98 Å². The standard InChI is InChI=1S/C10H10N2OS/c1-2-13-9(11)10-12-7-5-3-4-6-8(7)14-10/h3-6,11H,2H2,1H3. The van der Waals surface area contributed by atoms with Gasteiger partial charge in [0.15, 0.2) is 5.01 Å². The van der Waals surface area contributed by atoms with Gasteiger partial charge in [-0.25, -0.2) is 4.98 Å². The average molecular weight is 206 g/mol. The highest BCUT2D eigenvalue weighted by atomic mass is 32.1. The molecule has 2 rings (SSSR count). The second kappa shape index (κ2) is 3.75. The van der Waals surface area contributed by atoms with E-state index in [9.17, 15) is 0 Å². The van der Waals surface area contributed by atoms with Crippen LogP contribution in [0.2, 0.25) is 0 Å². The van der Waals surface area contributed by atoms with E-state index >= 15 is 0 Å². The van der Waals surface area contributed by atoms with E-state index in [0.717, 1.165) is 10.2 Å². The summed E-state index contributed by atoms with van der Waals surface area (Å²) in [6.45, 7) is 2.37. The molecule has 0 aliphatic heterocycles. The zero-order valence-electron chi connectivity index (χ0n) is 7.78. The molecule has 0 unspecified atom stereocenters. The molecule has 1 heterocycles. The lowest BCUT2D eigenvalue weighted by molar-refractivity contribution is 0.325. The summed E-state index contributed by atoms with van der Waals surface area (Å²) in [5, 5.41) is 8.23. The third-order valence-electron chi connectivity index (χ3n) is 1.78. The molecule has 2 aromatic rings. The van der Waals surface area contributed by atoms with Crippen LogP contribution in [0.5, 0.6) is 0 Å². The first-order valence-electron chi connectivity index (χ1n) is 4.38. The SMILES string of the molecule is CCOC(=N)c1nc2ccccc2s1. The van der Waals surface area contributed by atoms with Crippen molar-refractivity contribution in [2.45, 2.75) is 6.92 Å². The zero-order valence-corrected chi connectivity index (χ0v) is 8.60. The summed E-state index contributed by atoms with van der Waals surface area (Å²) < 4.78 is 6.18. The maximum absolute atomic E-state index is 7.59. The highest BCUT2D eigenvalue weighted by molar-refractivity contribution is 7.20. The summed E-state index contributed by atoms with van der Waals surface area (Å²) in [6, 6.07) is 7.84. The number of rotatable bonds is 2. The quantitative estimate of drug-likeness (QED) is 0.606. The molecule has 3 nitrogen and oxygen atoms in total. The van der Waals surface area contributed by atoms with Crippen molar-refractivity contribution in [3.8, 4) is 0 Å². The molecule has 0 aliphatic carbocycles. The molecular formula is C10H10N2OS. The van der Waals surface area contributed by atoms with Crippen LogP contribution >= 0.6 is 11.3 Å². The van der Waals surface area contributed by atoms with E-state index in [1.165, 1.54) is 11.3 Å². The number of nitrogens with one attached hydrogen (secondary N) is 1. The Balaban J connectivity index is 2.40. The Bertz CT molecular complexity index is 431. The molecule has 0 atom stereocenters. The predicted molar refractivity (Wildman–Crippen MR) is 58.1 cm³/mol. The van der Waals surface area contributed by atoms with E-state index in [1.807, 2.05) is 31.2 Å². The van der Waals surface area contributed by atoms with Crippen LogP contribution in [-0.4, -0.2) is 17.5 Å². The Labute approximate surface area is 85.9 Å². The number of hydrogen-bond acceptors (Lipinski definition) is 4. The first-order valence-corrected chi connectivity index (χ1v) is 5.20. The van der Waals surface area contributed by atoms with Gasteiger partial charge in [-0.2, -0.15) is 0 Å². The van der Waals surface area contributed by atoms with Crippen molar-refractivity contribution in [3.63, 3.8) is 0 Å². The minimum atomic E-state index is 0.161. The van der Waals surface area contributed by atoms with Crippen LogP contribution in [0, 0.1) is 5.41 Å². The predicted octanol–water partition coefficient (Wildman–Crippen LogP) is 2.66. The maximum atomic E-state index is 7.59. The number of hydrogen-bond donors (Lipinski definition) is 1. The van der Waals surface area contributed by atoms with Gasteiger partial charge < -0.3 is 4.74 Å². The van der Waals surface area contributed by atoms with Gasteiger partial charge in [0.25, 0.3) is 0 Å². The van der Waals surface area contributed by atoms with Gasteiger partial charge in [0.05, 0.1) is 16.8 Å². The van der Waals surface area contributed by atoms with Crippen LogP contribution in [0.1, 0.15) is 11.9 Å². The molecule has 1 N–H and O–H groups in total. The lowest BCUT2D eigenvalue weighted by Gasteiger charge is -1.98. The Morgan fingerprint density at radius 2 is 2.29 bits per heavy atom. The monoisotopic (exact) mass is 206 g/mol. The van der Waals surface area contributed by atoms with Crippen molar-refractivity contribution < 1.29 is 4.74 Å². The number of thiazole rings is 1. The summed E-state index contributed by atoms with van der Waals surface area (Å²) in [7, 11) is 0. The number of nitrogens with zero attached hydrogens (tertiary/aromatic N) is 1. The highest BCUT2D eigenvalue weighted by Crippen LogP contribution is 2.21. The summed E-state index contributed by atoms with van der Waals surface area (Å²) in [6.07, 6.45) is 0. The van der Waals surface area contributed by atoms with Gasteiger partial charge >= 0.3 is 0 Å². The van der Waals surface area contributed by atoms with E-state index in [0.29, 0.717) is 11.6 Å². The topological polar surface area (TPSA) is 46.0 Å². The largest absolute Gasteiger partial charge is 0.476 e. The Morgan fingerprint density at radius 1 is 1.50 bits per heavy atom. The third kappa shape index (κ3) is 1.61. The molecule has 0 saturated heterocycles. The molecule has 14 heavy (non-hydrogen) atoms. The fourth-order valence-corrected chi connectivity index (χ4v) is 2.04. The number of aromatic nitrogens is 1. The highest BCUT2D eigenvalue weighted by Gasteiger charge is 2.08. The van der Waals surface area contributed by atoms with Crippen LogP contribution < -0.4 is 0 Å². The minimum absolute atomic E-state index is 0.161. The molecule has 0 amide bonds. The van der Waals surface area contributed by atoms with E-state index < -0.39 is 0 Å². The number of ether oxygens (including phenoxy) is 1. The molecule has 0 aliphatic rings. The molecule has 0 radical (unpaired) electrons. The maximum Gasteiger partial charge on any atom is 0.243 e. The molecular weight excluding hydrogens is 196 g/mol. The van der Waals surface area contributed by atoms with Gasteiger partial charge in [-0.15, -0.1) is 11.3 Å². The number of benzene rings is 1. The second-order valence-corrected chi connectivity index (χ2v) is 3.78. The van der Waals surface area contributed by atoms with Gasteiger partial charge in [-0.3, -0.25) is 5.41 Å². The average Bonchev–Trinajstić information content (AvgIpc) is 2.61. The molecule has 1 aromatic heterocycles. The number of fused-ring (bicyclic) bond motifs is 1. The molecule has 0 saturated carbocycles. The fourth-order valence-electron chi connectivity index (χ4n) is 1.18. The van der Waals surface area contributed by atoms with Gasteiger partial charge in [-0.1, -0.05) is 12.1 Å². The van der Waals surface area contributed by atoms with Crippen LogP contribution in [0.15, 0.2) is 24.3 Å². The van der Waals surface area contributed by atoms with Crippen molar-refractivity contribution in [1.29, 1.82) is 5.41 Å². The molecule has 72 valence electrons. The smallest absolute Gasteiger partial charge is 0.243 e. The van der Waals surface area contributed by atoms with E-state index in [1.54, 1.807) is 0 Å². The van der Waals surface area contributed by atoms with Crippen molar-refractivity contribution in [3.05, 3.63) is 29.3 Å². The van der Waals surface area contributed by atoms with Gasteiger partial charge in [0, 0.05) is 0 Å². The van der Waals surface area contributed by atoms with Crippen LogP contribution in [-0.2, 0) is 4.74 Å². The first kappa shape index (κ1) is 9.15. The second-order valence-electron chi connectivity index (χ2n) is 2.75. The first-order chi connectivity index (χ1) is 6.81. The molecule has 4 heteroatoms. The molecule has 0 spiro atoms. The Hall–Kier alpha value is -1.42. The van der Waals surface area contributed by atoms with E-state index in [4.69, 9.17) is 10.1 Å². The van der Waals surface area contributed by atoms with Crippen molar-refractivity contribution in [2.24, 2.45) is 0 Å². The van der Waals surface area contributed by atoms with Crippen molar-refractivity contribution in [2.75, 3.05) is 6.61 Å². The van der Waals surface area contributed by atoms with E-state index in [-0.39, 0.29) is 5.90 Å². The molecule has 0 bridgehead atoms. The summed E-state index contributed by atoms with van der Waals surface area (Å²) >= 11 is 1.48. The van der Waals surface area contributed by atoms with E-state index in [2.05, 4.69) is 4.98 Å². The number of para-hydroxylation sites is 1.